The number of hydrogen-bond donors (Lipinski definition) is 1. The van der Waals surface area contributed by atoms with Crippen LogP contribution in [-0.2, 0) is 14.3 Å². The lowest BCUT2D eigenvalue weighted by molar-refractivity contribution is -0.150. The molecule has 4 heteroatoms. The third-order valence-corrected chi connectivity index (χ3v) is 10.5. The van der Waals surface area contributed by atoms with Crippen molar-refractivity contribution in [3.8, 4) is 0 Å². The first-order valence-electron chi connectivity index (χ1n) is 12.6. The quantitative estimate of drug-likeness (QED) is 0.484. The number of hydrogen-bond acceptors (Lipinski definition) is 4. The summed E-state index contributed by atoms with van der Waals surface area (Å²) in [7, 11) is 1.47. The summed E-state index contributed by atoms with van der Waals surface area (Å²) in [6.07, 6.45) is 10.4. The number of fused-ring (bicyclic) bond motifs is 5. The van der Waals surface area contributed by atoms with Crippen LogP contribution in [0.4, 0.5) is 0 Å². The lowest BCUT2D eigenvalue weighted by Crippen LogP contribution is -2.58. The van der Waals surface area contributed by atoms with Crippen LogP contribution in [0.5, 0.6) is 0 Å². The van der Waals surface area contributed by atoms with Crippen molar-refractivity contribution in [2.75, 3.05) is 7.11 Å². The number of allylic oxidation sites excluding steroid dienone is 2. The van der Waals surface area contributed by atoms with Crippen LogP contribution >= 0.6 is 0 Å². The van der Waals surface area contributed by atoms with Gasteiger partial charge in [0.1, 0.15) is 0 Å². The maximum atomic E-state index is 13.9. The van der Waals surface area contributed by atoms with E-state index >= 15 is 0 Å². The van der Waals surface area contributed by atoms with Gasteiger partial charge in [0.2, 0.25) is 0 Å². The van der Waals surface area contributed by atoms with Gasteiger partial charge in [-0.2, -0.15) is 0 Å². The number of ketones is 1. The zero-order valence-corrected chi connectivity index (χ0v) is 20.2. The number of ether oxygens (including phenoxy) is 1. The first kappa shape index (κ1) is 23.0. The summed E-state index contributed by atoms with van der Waals surface area (Å²) in [5.74, 6) is 2.57. The highest BCUT2D eigenvalue weighted by atomic mass is 16.5. The van der Waals surface area contributed by atoms with Gasteiger partial charge >= 0.3 is 5.97 Å². The van der Waals surface area contributed by atoms with Crippen LogP contribution in [0.15, 0.2) is 11.6 Å². The van der Waals surface area contributed by atoms with Crippen molar-refractivity contribution in [3.05, 3.63) is 11.6 Å². The second kappa shape index (κ2) is 8.32. The Morgan fingerprint density at radius 2 is 1.84 bits per heavy atom. The Balaban J connectivity index is 1.61. The third kappa shape index (κ3) is 3.52. The summed E-state index contributed by atoms with van der Waals surface area (Å²) < 4.78 is 4.87. The molecular formula is C27H42O4. The van der Waals surface area contributed by atoms with Gasteiger partial charge in [-0.3, -0.25) is 9.59 Å². The Labute approximate surface area is 188 Å². The van der Waals surface area contributed by atoms with E-state index in [0.717, 1.165) is 44.1 Å². The fourth-order valence-electron chi connectivity index (χ4n) is 8.81. The number of rotatable bonds is 4. The van der Waals surface area contributed by atoms with Crippen LogP contribution < -0.4 is 0 Å². The smallest absolute Gasteiger partial charge is 0.305 e. The molecule has 0 heterocycles. The van der Waals surface area contributed by atoms with E-state index in [-0.39, 0.29) is 34.7 Å². The molecule has 4 saturated carbocycles. The highest BCUT2D eigenvalue weighted by Gasteiger charge is 2.64. The minimum atomic E-state index is -0.266. The zero-order chi connectivity index (χ0) is 22.6. The largest absolute Gasteiger partial charge is 0.469 e. The van der Waals surface area contributed by atoms with Gasteiger partial charge in [0.25, 0.3) is 0 Å². The Bertz CT molecular complexity index is 756. The van der Waals surface area contributed by atoms with E-state index in [2.05, 4.69) is 26.8 Å². The van der Waals surface area contributed by atoms with Gasteiger partial charge in [0.05, 0.1) is 13.2 Å². The van der Waals surface area contributed by atoms with Gasteiger partial charge < -0.3 is 9.84 Å². The van der Waals surface area contributed by atoms with Crippen molar-refractivity contribution in [1.29, 1.82) is 0 Å². The summed E-state index contributed by atoms with van der Waals surface area (Å²) in [5, 5.41) is 10.4. The molecule has 31 heavy (non-hydrogen) atoms. The maximum Gasteiger partial charge on any atom is 0.305 e. The molecule has 4 aliphatic rings. The van der Waals surface area contributed by atoms with E-state index in [0.29, 0.717) is 35.9 Å². The summed E-state index contributed by atoms with van der Waals surface area (Å²) in [6, 6.07) is 0. The number of carbonyl (C=O) groups excluding carboxylic acids is 2. The predicted molar refractivity (Wildman–Crippen MR) is 121 cm³/mol. The Morgan fingerprint density at radius 1 is 1.16 bits per heavy atom. The first-order chi connectivity index (χ1) is 14.7. The van der Waals surface area contributed by atoms with Crippen molar-refractivity contribution in [1.82, 2.24) is 0 Å². The van der Waals surface area contributed by atoms with E-state index < -0.39 is 0 Å². The molecule has 9 atom stereocenters. The van der Waals surface area contributed by atoms with Gasteiger partial charge in [0.15, 0.2) is 5.78 Å². The minimum absolute atomic E-state index is 0.117. The van der Waals surface area contributed by atoms with E-state index in [4.69, 9.17) is 4.74 Å². The molecule has 0 saturated heterocycles. The Hall–Kier alpha value is -1.16. The fourth-order valence-corrected chi connectivity index (χ4v) is 8.81. The maximum absolute atomic E-state index is 13.9. The number of Topliss-reactive ketones (excluding diaryl/α,β-unsaturated/α-hetero) is 1. The Kier molecular flexibility index (Phi) is 6.17. The topological polar surface area (TPSA) is 63.6 Å². The van der Waals surface area contributed by atoms with Crippen molar-refractivity contribution < 1.29 is 19.4 Å². The number of methoxy groups -OCH3 is 1. The van der Waals surface area contributed by atoms with E-state index in [1.807, 2.05) is 6.92 Å². The molecule has 4 rings (SSSR count). The Morgan fingerprint density at radius 3 is 2.52 bits per heavy atom. The third-order valence-electron chi connectivity index (χ3n) is 10.5. The second-order valence-corrected chi connectivity index (χ2v) is 11.7. The molecule has 0 radical (unpaired) electrons. The standard InChI is InChI=1S/C27H42O4/c1-6-18-22-15-17(28)11-13-27(22,4)21-12-14-26(3)19(16(2)7-10-23(29)31-5)8-9-20(26)24(21)25(18)30/h6,16-17,19-22,24,28H,7-15H2,1-5H3/b18-6+/t16-,17-,19?,20?,21?,22?,24?,26?,27?/m1/s1. The monoisotopic (exact) mass is 430 g/mol. The molecule has 4 nitrogen and oxygen atoms in total. The zero-order valence-electron chi connectivity index (χ0n) is 20.2. The molecule has 0 aromatic rings. The van der Waals surface area contributed by atoms with Crippen LogP contribution in [0.2, 0.25) is 0 Å². The molecular weight excluding hydrogens is 388 g/mol. The summed E-state index contributed by atoms with van der Waals surface area (Å²) in [6.45, 7) is 9.18. The normalized spacial score (nSPS) is 46.8. The summed E-state index contributed by atoms with van der Waals surface area (Å²) in [4.78, 5) is 25.6. The lowest BCUT2D eigenvalue weighted by atomic mass is 9.43. The molecule has 0 aromatic carbocycles. The van der Waals surface area contributed by atoms with Gasteiger partial charge in [-0.05, 0) is 104 Å². The van der Waals surface area contributed by atoms with E-state index in [9.17, 15) is 14.7 Å². The van der Waals surface area contributed by atoms with Gasteiger partial charge in [-0.1, -0.05) is 26.8 Å². The van der Waals surface area contributed by atoms with Crippen molar-refractivity contribution in [2.24, 2.45) is 46.3 Å². The highest BCUT2D eigenvalue weighted by Crippen LogP contribution is 2.68. The fraction of sp³-hybridized carbons (Fsp3) is 0.852. The average molecular weight is 431 g/mol. The molecule has 0 aromatic heterocycles. The number of carbonyl (C=O) groups is 2. The second-order valence-electron chi connectivity index (χ2n) is 11.7. The first-order valence-corrected chi connectivity index (χ1v) is 12.6. The van der Waals surface area contributed by atoms with Crippen molar-refractivity contribution in [3.63, 3.8) is 0 Å². The minimum Gasteiger partial charge on any atom is -0.469 e. The van der Waals surface area contributed by atoms with E-state index in [1.54, 1.807) is 0 Å². The van der Waals surface area contributed by atoms with Gasteiger partial charge in [-0.15, -0.1) is 0 Å². The molecule has 174 valence electrons. The van der Waals surface area contributed by atoms with Crippen LogP contribution in [0, 0.1) is 46.3 Å². The van der Waals surface area contributed by atoms with Crippen LogP contribution in [0.1, 0.15) is 85.5 Å². The molecule has 0 aliphatic heterocycles. The molecule has 4 fully saturated rings. The highest BCUT2D eigenvalue weighted by molar-refractivity contribution is 5.99. The summed E-state index contributed by atoms with van der Waals surface area (Å²) in [5.41, 5.74) is 1.33. The average Bonchev–Trinajstić information content (AvgIpc) is 3.10. The molecule has 0 spiro atoms. The molecule has 1 N–H and O–H groups in total. The molecule has 0 bridgehead atoms. The lowest BCUT2D eigenvalue weighted by Gasteiger charge is -2.61. The van der Waals surface area contributed by atoms with Gasteiger partial charge in [0, 0.05) is 12.3 Å². The SMILES string of the molecule is C/C=C1/C(=O)C2C(CCC3(C)C2CCC3[C@H](C)CCC(=O)OC)C2(C)CC[C@@H](O)CC12. The van der Waals surface area contributed by atoms with E-state index in [1.165, 1.54) is 20.0 Å². The summed E-state index contributed by atoms with van der Waals surface area (Å²) >= 11 is 0. The van der Waals surface area contributed by atoms with Crippen molar-refractivity contribution >= 4 is 11.8 Å². The van der Waals surface area contributed by atoms with Gasteiger partial charge in [-0.25, -0.2) is 0 Å². The van der Waals surface area contributed by atoms with Crippen molar-refractivity contribution in [2.45, 2.75) is 91.6 Å². The number of aliphatic hydroxyl groups excluding tert-OH is 1. The number of esters is 1. The molecule has 4 aliphatic carbocycles. The molecule has 0 amide bonds. The molecule has 7 unspecified atom stereocenters. The van der Waals surface area contributed by atoms with Crippen LogP contribution in [0.3, 0.4) is 0 Å². The predicted octanol–water partition coefficient (Wildman–Crippen LogP) is 5.33. The van der Waals surface area contributed by atoms with Crippen LogP contribution in [-0.4, -0.2) is 30.1 Å². The van der Waals surface area contributed by atoms with Crippen LogP contribution in [0.25, 0.3) is 0 Å². The number of aliphatic hydroxyl groups is 1.